The van der Waals surface area contributed by atoms with Crippen LogP contribution in [0.15, 0.2) is 35.2 Å². The van der Waals surface area contributed by atoms with Crippen LogP contribution in [0.3, 0.4) is 0 Å². The van der Waals surface area contributed by atoms with Crippen molar-refractivity contribution in [1.29, 1.82) is 0 Å². The minimum absolute atomic E-state index is 0.0746. The average Bonchev–Trinajstić information content (AvgIpc) is 2.74. The molecule has 0 aliphatic carbocycles. The quantitative estimate of drug-likeness (QED) is 0.553. The molecule has 2 rings (SSSR count). The second-order valence-corrected chi connectivity index (χ2v) is 6.54. The average molecular weight is 309 g/mol. The number of hydrogen-bond donors (Lipinski definition) is 0. The van der Waals surface area contributed by atoms with E-state index in [-0.39, 0.29) is 5.38 Å². The fourth-order valence-corrected chi connectivity index (χ4v) is 3.52. The minimum atomic E-state index is 0.0746. The summed E-state index contributed by atoms with van der Waals surface area (Å²) < 4.78 is 2.09. The summed E-state index contributed by atoms with van der Waals surface area (Å²) in [6, 6.07) is 10.5. The molecule has 1 aromatic carbocycles. The molecular formula is C16H21ClN2S. The summed E-state index contributed by atoms with van der Waals surface area (Å²) in [5.74, 6) is 1.02. The van der Waals surface area contributed by atoms with Gasteiger partial charge < -0.3 is 0 Å². The van der Waals surface area contributed by atoms with E-state index in [1.165, 1.54) is 16.2 Å². The Morgan fingerprint density at radius 2 is 1.95 bits per heavy atom. The summed E-state index contributed by atoms with van der Waals surface area (Å²) in [5.41, 5.74) is 3.48. The summed E-state index contributed by atoms with van der Waals surface area (Å²) in [4.78, 5) is 1.30. The first-order chi connectivity index (χ1) is 9.63. The van der Waals surface area contributed by atoms with Crippen molar-refractivity contribution in [3.8, 4) is 0 Å². The maximum Gasteiger partial charge on any atom is 0.0643 e. The van der Waals surface area contributed by atoms with Crippen LogP contribution >= 0.6 is 23.4 Å². The molecule has 0 fully saturated rings. The minimum Gasteiger partial charge on any atom is -0.268 e. The molecular weight excluding hydrogens is 288 g/mol. The summed E-state index contributed by atoms with van der Waals surface area (Å²) in [5, 5.41) is 4.70. The van der Waals surface area contributed by atoms with E-state index in [1.54, 1.807) is 0 Å². The Morgan fingerprint density at radius 1 is 1.25 bits per heavy atom. The van der Waals surface area contributed by atoms with Crippen LogP contribution in [-0.2, 0) is 6.54 Å². The van der Waals surface area contributed by atoms with Gasteiger partial charge in [0.2, 0.25) is 0 Å². The lowest BCUT2D eigenvalue weighted by Gasteiger charge is -2.08. The standard InChI is InChI=1S/C16H21ClN2S/c1-4-15(17)16-12(2)18-19(13(16)3)10-11-20-14-8-6-5-7-9-14/h5-9,15H,4,10-11H2,1-3H3. The summed E-state index contributed by atoms with van der Waals surface area (Å²) in [6.45, 7) is 7.19. The molecule has 4 heteroatoms. The van der Waals surface area contributed by atoms with Gasteiger partial charge in [-0.25, -0.2) is 0 Å². The molecule has 0 saturated carbocycles. The van der Waals surface area contributed by atoms with Crippen molar-refractivity contribution in [2.24, 2.45) is 0 Å². The molecule has 1 unspecified atom stereocenters. The van der Waals surface area contributed by atoms with Crippen LogP contribution in [0, 0.1) is 13.8 Å². The third-order valence-corrected chi connectivity index (χ3v) is 4.94. The molecule has 0 bridgehead atoms. The van der Waals surface area contributed by atoms with Gasteiger partial charge in [0, 0.05) is 21.9 Å². The lowest BCUT2D eigenvalue weighted by Crippen LogP contribution is -2.05. The SMILES string of the molecule is CCC(Cl)c1c(C)nn(CCSc2ccccc2)c1C. The molecule has 0 aliphatic heterocycles. The first kappa shape index (κ1) is 15.5. The second-order valence-electron chi connectivity index (χ2n) is 4.84. The Labute approximate surface area is 130 Å². The van der Waals surface area contributed by atoms with E-state index >= 15 is 0 Å². The topological polar surface area (TPSA) is 17.8 Å². The molecule has 1 heterocycles. The van der Waals surface area contributed by atoms with Crippen LogP contribution in [0.4, 0.5) is 0 Å². The number of aromatic nitrogens is 2. The molecule has 2 aromatic rings. The number of aryl methyl sites for hydroxylation is 2. The number of hydrogen-bond acceptors (Lipinski definition) is 2. The molecule has 0 amide bonds. The van der Waals surface area contributed by atoms with Crippen LogP contribution in [-0.4, -0.2) is 15.5 Å². The Bertz CT molecular complexity index is 551. The summed E-state index contributed by atoms with van der Waals surface area (Å²) in [7, 11) is 0. The molecule has 0 saturated heterocycles. The van der Waals surface area contributed by atoms with Gasteiger partial charge in [-0.15, -0.1) is 23.4 Å². The largest absolute Gasteiger partial charge is 0.268 e. The van der Waals surface area contributed by atoms with Gasteiger partial charge in [0.25, 0.3) is 0 Å². The smallest absolute Gasteiger partial charge is 0.0643 e. The van der Waals surface area contributed by atoms with Gasteiger partial charge in [0.05, 0.1) is 17.6 Å². The first-order valence-electron chi connectivity index (χ1n) is 6.99. The Balaban J connectivity index is 2.00. The van der Waals surface area contributed by atoms with E-state index < -0.39 is 0 Å². The van der Waals surface area contributed by atoms with Gasteiger partial charge in [0.15, 0.2) is 0 Å². The molecule has 0 radical (unpaired) electrons. The Hall–Kier alpha value is -0.930. The zero-order chi connectivity index (χ0) is 14.5. The van der Waals surface area contributed by atoms with Crippen molar-refractivity contribution in [1.82, 2.24) is 9.78 Å². The third-order valence-electron chi connectivity index (χ3n) is 3.42. The van der Waals surface area contributed by atoms with E-state index in [1.807, 2.05) is 24.8 Å². The zero-order valence-corrected chi connectivity index (χ0v) is 13.8. The molecule has 0 N–H and O–H groups in total. The molecule has 0 spiro atoms. The molecule has 1 aromatic heterocycles. The molecule has 108 valence electrons. The van der Waals surface area contributed by atoms with Crippen molar-refractivity contribution in [2.75, 3.05) is 5.75 Å². The zero-order valence-electron chi connectivity index (χ0n) is 12.3. The van der Waals surface area contributed by atoms with Gasteiger partial charge in [-0.05, 0) is 32.4 Å². The fourth-order valence-electron chi connectivity index (χ4n) is 2.35. The van der Waals surface area contributed by atoms with Crippen molar-refractivity contribution in [3.63, 3.8) is 0 Å². The van der Waals surface area contributed by atoms with Crippen LogP contribution in [0.1, 0.15) is 35.7 Å². The third kappa shape index (κ3) is 3.58. The normalized spacial score (nSPS) is 12.6. The highest BCUT2D eigenvalue weighted by Crippen LogP contribution is 2.29. The maximum atomic E-state index is 6.39. The van der Waals surface area contributed by atoms with Crippen molar-refractivity contribution < 1.29 is 0 Å². The Kier molecular flexibility index (Phi) is 5.55. The van der Waals surface area contributed by atoms with E-state index in [0.29, 0.717) is 0 Å². The number of thioether (sulfide) groups is 1. The van der Waals surface area contributed by atoms with Crippen LogP contribution in [0.2, 0.25) is 0 Å². The number of nitrogens with zero attached hydrogens (tertiary/aromatic N) is 2. The number of rotatable bonds is 6. The van der Waals surface area contributed by atoms with Crippen LogP contribution in [0.5, 0.6) is 0 Å². The maximum absolute atomic E-state index is 6.39. The lowest BCUT2D eigenvalue weighted by atomic mass is 10.1. The molecule has 0 aliphatic rings. The van der Waals surface area contributed by atoms with Gasteiger partial charge >= 0.3 is 0 Å². The van der Waals surface area contributed by atoms with E-state index in [0.717, 1.165) is 24.4 Å². The summed E-state index contributed by atoms with van der Waals surface area (Å²) >= 11 is 8.25. The van der Waals surface area contributed by atoms with Gasteiger partial charge in [-0.3, -0.25) is 4.68 Å². The fraction of sp³-hybridized carbons (Fsp3) is 0.438. The number of halogens is 1. The van der Waals surface area contributed by atoms with E-state index in [9.17, 15) is 0 Å². The van der Waals surface area contributed by atoms with E-state index in [4.69, 9.17) is 11.6 Å². The lowest BCUT2D eigenvalue weighted by molar-refractivity contribution is 0.639. The monoisotopic (exact) mass is 308 g/mol. The van der Waals surface area contributed by atoms with Gasteiger partial charge in [0.1, 0.15) is 0 Å². The number of alkyl halides is 1. The van der Waals surface area contributed by atoms with Gasteiger partial charge in [-0.2, -0.15) is 5.10 Å². The predicted octanol–water partition coefficient (Wildman–Crippen LogP) is 4.98. The molecule has 2 nitrogen and oxygen atoms in total. The molecule has 1 atom stereocenters. The number of benzene rings is 1. The van der Waals surface area contributed by atoms with Crippen LogP contribution in [0.25, 0.3) is 0 Å². The van der Waals surface area contributed by atoms with Crippen molar-refractivity contribution in [3.05, 3.63) is 47.3 Å². The van der Waals surface area contributed by atoms with Crippen molar-refractivity contribution in [2.45, 2.75) is 44.0 Å². The van der Waals surface area contributed by atoms with Gasteiger partial charge in [-0.1, -0.05) is 25.1 Å². The predicted molar refractivity (Wildman–Crippen MR) is 87.8 cm³/mol. The van der Waals surface area contributed by atoms with Crippen LogP contribution < -0.4 is 0 Å². The highest BCUT2D eigenvalue weighted by molar-refractivity contribution is 7.99. The van der Waals surface area contributed by atoms with E-state index in [2.05, 4.69) is 47.9 Å². The Morgan fingerprint density at radius 3 is 2.60 bits per heavy atom. The molecule has 20 heavy (non-hydrogen) atoms. The highest BCUT2D eigenvalue weighted by Gasteiger charge is 2.17. The first-order valence-corrected chi connectivity index (χ1v) is 8.41. The highest BCUT2D eigenvalue weighted by atomic mass is 35.5. The van der Waals surface area contributed by atoms with Crippen molar-refractivity contribution >= 4 is 23.4 Å². The summed E-state index contributed by atoms with van der Waals surface area (Å²) in [6.07, 6.45) is 0.938. The second kappa shape index (κ2) is 7.19.